The Balaban J connectivity index is 2.12. The highest BCUT2D eigenvalue weighted by atomic mass is 35.5. The summed E-state index contributed by atoms with van der Waals surface area (Å²) in [5, 5.41) is 11.4. The standard InChI is InChI=1S/C21H21ClN2O5/c1-28-11-3-10-24-18(13-6-8-23-9-7-13)17(20(26)21(24)27)19(25)14-4-5-15(22)16(12-14)29-2/h4-9,12,18,25H,3,10-11H2,1-2H3/b19-17-. The summed E-state index contributed by atoms with van der Waals surface area (Å²) in [5.74, 6) is -1.33. The van der Waals surface area contributed by atoms with Gasteiger partial charge in [0.1, 0.15) is 11.5 Å². The van der Waals surface area contributed by atoms with Crippen LogP contribution >= 0.6 is 11.6 Å². The first-order valence-corrected chi connectivity index (χ1v) is 9.38. The maximum Gasteiger partial charge on any atom is 0.295 e. The van der Waals surface area contributed by atoms with E-state index in [-0.39, 0.29) is 11.3 Å². The molecule has 0 aliphatic carbocycles. The Hall–Kier alpha value is -2.90. The third-order valence-corrected chi connectivity index (χ3v) is 5.05. The minimum absolute atomic E-state index is 0.0167. The van der Waals surface area contributed by atoms with Gasteiger partial charge in [0.25, 0.3) is 11.7 Å². The Kier molecular flexibility index (Phi) is 6.51. The van der Waals surface area contributed by atoms with Crippen LogP contribution in [-0.2, 0) is 14.3 Å². The number of carbonyl (C=O) groups is 2. The van der Waals surface area contributed by atoms with Crippen LogP contribution in [0.1, 0.15) is 23.6 Å². The Morgan fingerprint density at radius 1 is 1.21 bits per heavy atom. The van der Waals surface area contributed by atoms with Crippen molar-refractivity contribution in [2.75, 3.05) is 27.4 Å². The lowest BCUT2D eigenvalue weighted by Gasteiger charge is -2.25. The summed E-state index contributed by atoms with van der Waals surface area (Å²) in [7, 11) is 3.03. The molecule has 1 aromatic carbocycles. The van der Waals surface area contributed by atoms with Crippen molar-refractivity contribution < 1.29 is 24.2 Å². The number of Topliss-reactive ketones (excluding diaryl/α,β-unsaturated/α-hetero) is 1. The van der Waals surface area contributed by atoms with Gasteiger partial charge in [-0.15, -0.1) is 0 Å². The zero-order valence-electron chi connectivity index (χ0n) is 16.1. The summed E-state index contributed by atoms with van der Waals surface area (Å²) in [6.07, 6.45) is 3.71. The van der Waals surface area contributed by atoms with Crippen molar-refractivity contribution in [2.45, 2.75) is 12.5 Å². The van der Waals surface area contributed by atoms with Crippen molar-refractivity contribution >= 4 is 29.1 Å². The highest BCUT2D eigenvalue weighted by molar-refractivity contribution is 6.46. The average molecular weight is 417 g/mol. The summed E-state index contributed by atoms with van der Waals surface area (Å²) >= 11 is 6.06. The monoisotopic (exact) mass is 416 g/mol. The van der Waals surface area contributed by atoms with E-state index < -0.39 is 17.7 Å². The molecule has 0 bridgehead atoms. The van der Waals surface area contributed by atoms with E-state index in [1.165, 1.54) is 18.1 Å². The molecule has 1 N–H and O–H groups in total. The summed E-state index contributed by atoms with van der Waals surface area (Å²) < 4.78 is 10.3. The van der Waals surface area contributed by atoms with Gasteiger partial charge in [-0.3, -0.25) is 14.6 Å². The molecule has 1 aliphatic rings. The largest absolute Gasteiger partial charge is 0.507 e. The average Bonchev–Trinajstić information content (AvgIpc) is 2.99. The van der Waals surface area contributed by atoms with E-state index in [1.54, 1.807) is 43.8 Å². The van der Waals surface area contributed by atoms with Gasteiger partial charge in [-0.1, -0.05) is 11.6 Å². The molecule has 3 rings (SSSR count). The van der Waals surface area contributed by atoms with Crippen LogP contribution in [0, 0.1) is 0 Å². The molecule has 2 aromatic rings. The molecule has 8 heteroatoms. The lowest BCUT2D eigenvalue weighted by Crippen LogP contribution is -2.31. The smallest absolute Gasteiger partial charge is 0.295 e. The first-order chi connectivity index (χ1) is 14.0. The van der Waals surface area contributed by atoms with E-state index in [0.717, 1.165) is 0 Å². The molecule has 1 atom stereocenters. The number of amides is 1. The molecule has 29 heavy (non-hydrogen) atoms. The number of carbonyl (C=O) groups excluding carboxylic acids is 2. The van der Waals surface area contributed by atoms with Gasteiger partial charge in [-0.2, -0.15) is 0 Å². The molecule has 1 aromatic heterocycles. The number of rotatable bonds is 7. The van der Waals surface area contributed by atoms with Crippen molar-refractivity contribution in [3.63, 3.8) is 0 Å². The second-order valence-corrected chi connectivity index (χ2v) is 6.88. The molecule has 2 heterocycles. The molecule has 152 valence electrons. The number of aliphatic hydroxyl groups is 1. The number of hydrogen-bond acceptors (Lipinski definition) is 6. The minimum Gasteiger partial charge on any atom is -0.507 e. The van der Waals surface area contributed by atoms with Gasteiger partial charge in [-0.05, 0) is 42.3 Å². The lowest BCUT2D eigenvalue weighted by molar-refractivity contribution is -0.140. The van der Waals surface area contributed by atoms with Crippen molar-refractivity contribution in [1.29, 1.82) is 0 Å². The summed E-state index contributed by atoms with van der Waals surface area (Å²) in [5.41, 5.74) is 1.03. The maximum atomic E-state index is 12.9. The number of halogens is 1. The third kappa shape index (κ3) is 4.11. The van der Waals surface area contributed by atoms with Gasteiger partial charge in [0.2, 0.25) is 0 Å². The molecule has 0 radical (unpaired) electrons. The van der Waals surface area contributed by atoms with Gasteiger partial charge >= 0.3 is 0 Å². The second-order valence-electron chi connectivity index (χ2n) is 6.47. The number of pyridine rings is 1. The number of hydrogen-bond donors (Lipinski definition) is 1. The summed E-state index contributed by atoms with van der Waals surface area (Å²) in [4.78, 5) is 31.0. The molecular weight excluding hydrogens is 396 g/mol. The van der Waals surface area contributed by atoms with Crippen LogP contribution in [0.5, 0.6) is 5.75 Å². The molecule has 0 spiro atoms. The lowest BCUT2D eigenvalue weighted by atomic mass is 9.96. The van der Waals surface area contributed by atoms with Gasteiger partial charge < -0.3 is 19.5 Å². The number of benzene rings is 1. The van der Waals surface area contributed by atoms with Crippen LogP contribution in [0.15, 0.2) is 48.3 Å². The molecule has 0 saturated carbocycles. The number of ether oxygens (including phenoxy) is 2. The number of nitrogens with zero attached hydrogens (tertiary/aromatic N) is 2. The van der Waals surface area contributed by atoms with E-state index in [2.05, 4.69) is 4.98 Å². The number of aliphatic hydroxyl groups excluding tert-OH is 1. The number of methoxy groups -OCH3 is 2. The molecule has 1 unspecified atom stereocenters. The molecular formula is C21H21ClN2O5. The second kappa shape index (κ2) is 9.07. The van der Waals surface area contributed by atoms with Crippen LogP contribution in [0.3, 0.4) is 0 Å². The van der Waals surface area contributed by atoms with Gasteiger partial charge in [0.15, 0.2) is 0 Å². The van der Waals surface area contributed by atoms with Crippen molar-refractivity contribution in [3.05, 3.63) is 64.4 Å². The number of aromatic nitrogens is 1. The normalized spacial score (nSPS) is 18.3. The summed E-state index contributed by atoms with van der Waals surface area (Å²) in [6, 6.07) is 7.37. The first kappa shape index (κ1) is 20.8. The van der Waals surface area contributed by atoms with E-state index in [1.807, 2.05) is 0 Å². The fourth-order valence-electron chi connectivity index (χ4n) is 3.34. The van der Waals surface area contributed by atoms with Crippen LogP contribution in [-0.4, -0.2) is 54.1 Å². The number of ketones is 1. The SMILES string of the molecule is COCCCN1C(=O)C(=O)/C(=C(\O)c2ccc(Cl)c(OC)c2)C1c1ccncc1. The fraction of sp³-hybridized carbons (Fsp3) is 0.286. The van der Waals surface area contributed by atoms with Crippen LogP contribution < -0.4 is 4.74 Å². The van der Waals surface area contributed by atoms with Crippen LogP contribution in [0.4, 0.5) is 0 Å². The summed E-state index contributed by atoms with van der Waals surface area (Å²) in [6.45, 7) is 0.757. The highest BCUT2D eigenvalue weighted by Gasteiger charge is 2.45. The van der Waals surface area contributed by atoms with E-state index >= 15 is 0 Å². The van der Waals surface area contributed by atoms with Crippen molar-refractivity contribution in [2.24, 2.45) is 0 Å². The minimum atomic E-state index is -0.740. The molecule has 7 nitrogen and oxygen atoms in total. The first-order valence-electron chi connectivity index (χ1n) is 9.00. The van der Waals surface area contributed by atoms with Crippen molar-refractivity contribution in [3.8, 4) is 5.75 Å². The Bertz CT molecular complexity index is 945. The van der Waals surface area contributed by atoms with E-state index in [4.69, 9.17) is 21.1 Å². The van der Waals surface area contributed by atoms with Crippen LogP contribution in [0.25, 0.3) is 5.76 Å². The third-order valence-electron chi connectivity index (χ3n) is 4.73. The maximum absolute atomic E-state index is 12.9. The van der Waals surface area contributed by atoms with Gasteiger partial charge in [0, 0.05) is 38.2 Å². The fourth-order valence-corrected chi connectivity index (χ4v) is 3.54. The van der Waals surface area contributed by atoms with E-state index in [0.29, 0.717) is 41.5 Å². The Morgan fingerprint density at radius 3 is 2.59 bits per heavy atom. The number of likely N-dealkylation sites (tertiary alicyclic amines) is 1. The Labute approximate surface area is 173 Å². The zero-order valence-corrected chi connectivity index (χ0v) is 16.8. The molecule has 1 fully saturated rings. The predicted octanol–water partition coefficient (Wildman–Crippen LogP) is 3.20. The Morgan fingerprint density at radius 2 is 1.93 bits per heavy atom. The van der Waals surface area contributed by atoms with Crippen LogP contribution in [0.2, 0.25) is 5.02 Å². The topological polar surface area (TPSA) is 89.0 Å². The zero-order chi connectivity index (χ0) is 21.0. The molecule has 1 saturated heterocycles. The van der Waals surface area contributed by atoms with Gasteiger partial charge in [0.05, 0.1) is 23.7 Å². The quantitative estimate of drug-likeness (QED) is 0.322. The van der Waals surface area contributed by atoms with Crippen molar-refractivity contribution in [1.82, 2.24) is 9.88 Å². The van der Waals surface area contributed by atoms with Gasteiger partial charge in [-0.25, -0.2) is 0 Å². The predicted molar refractivity (Wildman–Crippen MR) is 108 cm³/mol. The molecule has 1 amide bonds. The van der Waals surface area contributed by atoms with E-state index in [9.17, 15) is 14.7 Å². The molecule has 1 aliphatic heterocycles. The highest BCUT2D eigenvalue weighted by Crippen LogP contribution is 2.40.